The molecule has 0 saturated carbocycles. The maximum Gasteiger partial charge on any atom is 0.174 e. The average molecular weight is 492 g/mol. The highest BCUT2D eigenvalue weighted by Crippen LogP contribution is 2.39. The molecule has 0 amide bonds. The van der Waals surface area contributed by atoms with Crippen LogP contribution in [0, 0.1) is 13.8 Å². The molecule has 1 aromatic carbocycles. The molecule has 7 heteroatoms. The van der Waals surface area contributed by atoms with Crippen LogP contribution in [0.25, 0.3) is 10.2 Å². The van der Waals surface area contributed by atoms with Crippen molar-refractivity contribution in [2.45, 2.75) is 57.5 Å². The lowest BCUT2D eigenvalue weighted by molar-refractivity contribution is 0.102. The predicted octanol–water partition coefficient (Wildman–Crippen LogP) is 6.21. The van der Waals surface area contributed by atoms with Crippen LogP contribution in [0.5, 0.6) is 5.75 Å². The molecule has 1 aliphatic carbocycles. The minimum atomic E-state index is 0.157. The monoisotopic (exact) mass is 491 g/mol. The van der Waals surface area contributed by atoms with Gasteiger partial charge in [-0.25, -0.2) is 9.97 Å². The zero-order chi connectivity index (χ0) is 23.7. The number of ether oxygens (including phenoxy) is 1. The van der Waals surface area contributed by atoms with Crippen molar-refractivity contribution in [2.24, 2.45) is 0 Å². The normalized spacial score (nSPS) is 13.3. The van der Waals surface area contributed by atoms with E-state index in [4.69, 9.17) is 4.74 Å². The van der Waals surface area contributed by atoms with Crippen molar-refractivity contribution < 1.29 is 9.53 Å². The van der Waals surface area contributed by atoms with Gasteiger partial charge in [0, 0.05) is 33.8 Å². The van der Waals surface area contributed by atoms with Gasteiger partial charge in [0.1, 0.15) is 21.9 Å². The van der Waals surface area contributed by atoms with E-state index in [0.717, 1.165) is 58.4 Å². The molecule has 4 aromatic rings. The number of aryl methyl sites for hydroxylation is 4. The average Bonchev–Trinajstić information content (AvgIpc) is 3.38. The van der Waals surface area contributed by atoms with Crippen LogP contribution in [0.3, 0.4) is 0 Å². The Morgan fingerprint density at radius 1 is 1.15 bits per heavy atom. The van der Waals surface area contributed by atoms with Gasteiger partial charge >= 0.3 is 0 Å². The molecule has 176 valence electrons. The van der Waals surface area contributed by atoms with Crippen molar-refractivity contribution in [1.29, 1.82) is 0 Å². The molecular formula is C27H29N3O2S2. The van der Waals surface area contributed by atoms with Crippen molar-refractivity contribution >= 4 is 39.1 Å². The lowest BCUT2D eigenvalue weighted by Gasteiger charge is -2.11. The molecule has 0 radical (unpaired) electrons. The minimum absolute atomic E-state index is 0.157. The van der Waals surface area contributed by atoms with E-state index in [1.807, 2.05) is 18.2 Å². The summed E-state index contributed by atoms with van der Waals surface area (Å²) in [5, 5.41) is 2.14. The number of Topliss-reactive ketones (excluding diaryl/α,β-unsaturated/α-hetero) is 1. The predicted molar refractivity (Wildman–Crippen MR) is 140 cm³/mol. The number of ketones is 1. The van der Waals surface area contributed by atoms with E-state index in [9.17, 15) is 4.79 Å². The van der Waals surface area contributed by atoms with Gasteiger partial charge in [0.2, 0.25) is 0 Å². The van der Waals surface area contributed by atoms with Crippen molar-refractivity contribution in [2.75, 3.05) is 12.9 Å². The van der Waals surface area contributed by atoms with Crippen LogP contribution >= 0.6 is 23.1 Å². The Morgan fingerprint density at radius 3 is 2.74 bits per heavy atom. The number of hydrogen-bond acceptors (Lipinski definition) is 6. The maximum absolute atomic E-state index is 13.2. The Labute approximate surface area is 208 Å². The molecule has 3 aromatic heterocycles. The fourth-order valence-electron chi connectivity index (χ4n) is 4.84. The second-order valence-corrected chi connectivity index (χ2v) is 10.9. The molecule has 1 aliphatic rings. The Balaban J connectivity index is 1.29. The molecule has 0 atom stereocenters. The number of nitrogens with zero attached hydrogens (tertiary/aromatic N) is 3. The highest BCUT2D eigenvalue weighted by atomic mass is 32.2. The molecule has 3 heterocycles. The van der Waals surface area contributed by atoms with Crippen LogP contribution in [0.1, 0.15) is 50.6 Å². The zero-order valence-electron chi connectivity index (χ0n) is 19.9. The van der Waals surface area contributed by atoms with Gasteiger partial charge in [-0.15, -0.1) is 11.3 Å². The number of carbonyl (C=O) groups excluding carboxylic acids is 1. The molecule has 34 heavy (non-hydrogen) atoms. The number of thiophene rings is 1. The SMILES string of the molecule is COc1ccc(CCn2c(C)cc(C(=O)CSc3ncnc4sc5c(c34)CCCC5)c2C)cc1. The standard InChI is InChI=1S/C27H29N3O2S2/c1-17-14-22(18(2)30(17)13-12-19-8-10-20(32-3)11-9-19)23(31)15-33-26-25-21-6-4-5-7-24(21)34-27(25)29-16-28-26/h8-11,14,16H,4-7,12-13,15H2,1-3H3. The van der Waals surface area contributed by atoms with Crippen molar-refractivity contribution in [3.8, 4) is 5.75 Å². The summed E-state index contributed by atoms with van der Waals surface area (Å²) >= 11 is 3.35. The number of hydrogen-bond donors (Lipinski definition) is 0. The summed E-state index contributed by atoms with van der Waals surface area (Å²) in [5.74, 6) is 1.41. The molecular weight excluding hydrogens is 462 g/mol. The summed E-state index contributed by atoms with van der Waals surface area (Å²) in [6.45, 7) is 4.98. The molecule has 0 spiro atoms. The molecule has 0 N–H and O–H groups in total. The lowest BCUT2D eigenvalue weighted by atomic mass is 9.97. The van der Waals surface area contributed by atoms with Crippen LogP contribution in [-0.4, -0.2) is 33.2 Å². The molecule has 0 unspecified atom stereocenters. The van der Waals surface area contributed by atoms with E-state index in [0.29, 0.717) is 5.75 Å². The Kier molecular flexibility index (Phi) is 6.75. The van der Waals surface area contributed by atoms with E-state index in [1.54, 1.807) is 36.5 Å². The Hall–Kier alpha value is -2.64. The quantitative estimate of drug-likeness (QED) is 0.166. The number of fused-ring (bicyclic) bond motifs is 3. The van der Waals surface area contributed by atoms with Gasteiger partial charge in [-0.3, -0.25) is 4.79 Å². The van der Waals surface area contributed by atoms with Crippen molar-refractivity contribution in [3.05, 3.63) is 69.6 Å². The van der Waals surface area contributed by atoms with Crippen LogP contribution in [0.4, 0.5) is 0 Å². The molecule has 0 aliphatic heterocycles. The van der Waals surface area contributed by atoms with Crippen molar-refractivity contribution in [3.63, 3.8) is 0 Å². The van der Waals surface area contributed by atoms with Gasteiger partial charge in [0.05, 0.1) is 12.9 Å². The molecule has 0 fully saturated rings. The molecule has 5 nitrogen and oxygen atoms in total. The first-order chi connectivity index (χ1) is 16.5. The highest BCUT2D eigenvalue weighted by molar-refractivity contribution is 8.00. The molecule has 0 saturated heterocycles. The molecule has 5 rings (SSSR count). The van der Waals surface area contributed by atoms with Gasteiger partial charge in [0.25, 0.3) is 0 Å². The van der Waals surface area contributed by atoms with Gasteiger partial charge in [-0.2, -0.15) is 0 Å². The summed E-state index contributed by atoms with van der Waals surface area (Å²) in [6, 6.07) is 10.2. The van der Waals surface area contributed by atoms with Gasteiger partial charge < -0.3 is 9.30 Å². The Bertz CT molecular complexity index is 1340. The first kappa shape index (κ1) is 23.1. The first-order valence-electron chi connectivity index (χ1n) is 11.8. The second-order valence-electron chi connectivity index (χ2n) is 8.82. The largest absolute Gasteiger partial charge is 0.497 e. The number of aromatic nitrogens is 3. The summed E-state index contributed by atoms with van der Waals surface area (Å²) in [7, 11) is 1.68. The first-order valence-corrected chi connectivity index (χ1v) is 13.6. The lowest BCUT2D eigenvalue weighted by Crippen LogP contribution is -2.08. The van der Waals surface area contributed by atoms with E-state index in [2.05, 4.69) is 40.5 Å². The fraction of sp³-hybridized carbons (Fsp3) is 0.370. The summed E-state index contributed by atoms with van der Waals surface area (Å²) in [6.07, 6.45) is 7.26. The van der Waals surface area contributed by atoms with Gasteiger partial charge in [0.15, 0.2) is 5.78 Å². The third kappa shape index (κ3) is 4.51. The Morgan fingerprint density at radius 2 is 1.94 bits per heavy atom. The van der Waals surface area contributed by atoms with Crippen LogP contribution in [0.2, 0.25) is 0 Å². The fourth-order valence-corrected chi connectivity index (χ4v) is 7.05. The van der Waals surface area contributed by atoms with Gasteiger partial charge in [-0.1, -0.05) is 23.9 Å². The zero-order valence-corrected chi connectivity index (χ0v) is 21.5. The number of thioether (sulfide) groups is 1. The summed E-state index contributed by atoms with van der Waals surface area (Å²) in [4.78, 5) is 24.8. The summed E-state index contributed by atoms with van der Waals surface area (Å²) < 4.78 is 7.50. The molecule has 0 bridgehead atoms. The van der Waals surface area contributed by atoms with Crippen LogP contribution < -0.4 is 4.74 Å². The third-order valence-corrected chi connectivity index (χ3v) is 8.90. The number of benzene rings is 1. The minimum Gasteiger partial charge on any atom is -0.497 e. The van der Waals surface area contributed by atoms with E-state index < -0.39 is 0 Å². The van der Waals surface area contributed by atoms with Gasteiger partial charge in [-0.05, 0) is 75.3 Å². The van der Waals surface area contributed by atoms with Crippen LogP contribution in [-0.2, 0) is 25.8 Å². The number of methoxy groups -OCH3 is 1. The van der Waals surface area contributed by atoms with E-state index in [1.165, 1.54) is 34.2 Å². The van der Waals surface area contributed by atoms with Crippen LogP contribution in [0.15, 0.2) is 41.7 Å². The highest BCUT2D eigenvalue weighted by Gasteiger charge is 2.21. The van der Waals surface area contributed by atoms with Crippen molar-refractivity contribution in [1.82, 2.24) is 14.5 Å². The van der Waals surface area contributed by atoms with E-state index >= 15 is 0 Å². The maximum atomic E-state index is 13.2. The topological polar surface area (TPSA) is 57.0 Å². The second kappa shape index (κ2) is 9.92. The van der Waals surface area contributed by atoms with E-state index in [-0.39, 0.29) is 5.78 Å². The number of rotatable bonds is 8. The summed E-state index contributed by atoms with van der Waals surface area (Å²) in [5.41, 5.74) is 5.65. The number of carbonyl (C=O) groups is 1. The third-order valence-electron chi connectivity index (χ3n) is 6.71. The smallest absolute Gasteiger partial charge is 0.174 e.